The van der Waals surface area contributed by atoms with Gasteiger partial charge in [0.25, 0.3) is 0 Å². The zero-order chi connectivity index (χ0) is 8.27. The minimum Gasteiger partial charge on any atom is -0.314 e. The Morgan fingerprint density at radius 3 is 2.91 bits per heavy atom. The second kappa shape index (κ2) is 3.86. The minimum atomic E-state index is 0.344. The van der Waals surface area contributed by atoms with Crippen molar-refractivity contribution in [3.8, 4) is 0 Å². The Bertz CT molecular complexity index is 144. The van der Waals surface area contributed by atoms with Crippen molar-refractivity contribution in [1.29, 1.82) is 0 Å². The molecular weight excluding hydrogens is 138 g/mol. The van der Waals surface area contributed by atoms with E-state index in [0.29, 0.717) is 24.2 Å². The molecule has 0 spiro atoms. The molecular formula is C9H17NO. The second-order valence-corrected chi connectivity index (χ2v) is 3.40. The molecule has 2 heteroatoms. The molecule has 2 atom stereocenters. The third-order valence-electron chi connectivity index (χ3n) is 2.43. The molecule has 2 nitrogen and oxygen atoms in total. The largest absolute Gasteiger partial charge is 0.314 e. The molecule has 1 saturated heterocycles. The molecule has 1 rings (SSSR count). The topological polar surface area (TPSA) is 29.1 Å². The lowest BCUT2D eigenvalue weighted by Crippen LogP contribution is -2.38. The molecule has 1 N–H and O–H groups in total. The van der Waals surface area contributed by atoms with E-state index in [1.165, 1.54) is 0 Å². The molecule has 11 heavy (non-hydrogen) atoms. The zero-order valence-electron chi connectivity index (χ0n) is 7.39. The van der Waals surface area contributed by atoms with Crippen LogP contribution in [0.25, 0.3) is 0 Å². The van der Waals surface area contributed by atoms with E-state index in [1.807, 2.05) is 6.92 Å². The zero-order valence-corrected chi connectivity index (χ0v) is 7.39. The molecule has 0 saturated carbocycles. The summed E-state index contributed by atoms with van der Waals surface area (Å²) < 4.78 is 0. The van der Waals surface area contributed by atoms with Crippen molar-refractivity contribution < 1.29 is 4.79 Å². The number of piperidine rings is 1. The van der Waals surface area contributed by atoms with Crippen LogP contribution >= 0.6 is 0 Å². The van der Waals surface area contributed by atoms with Crippen LogP contribution in [0.5, 0.6) is 0 Å². The van der Waals surface area contributed by atoms with Gasteiger partial charge in [0.1, 0.15) is 5.78 Å². The first-order valence-electron chi connectivity index (χ1n) is 4.50. The summed E-state index contributed by atoms with van der Waals surface area (Å²) in [5.41, 5.74) is 0. The SMILES string of the molecule is CCC(=O)C1CCNC(C)C1. The van der Waals surface area contributed by atoms with Crippen molar-refractivity contribution in [1.82, 2.24) is 5.32 Å². The fourth-order valence-electron chi connectivity index (χ4n) is 1.71. The standard InChI is InChI=1S/C9H17NO/c1-3-9(11)8-4-5-10-7(2)6-8/h7-8,10H,3-6H2,1-2H3. The van der Waals surface area contributed by atoms with Crippen molar-refractivity contribution >= 4 is 5.78 Å². The van der Waals surface area contributed by atoms with Crippen molar-refractivity contribution in [3.63, 3.8) is 0 Å². The summed E-state index contributed by atoms with van der Waals surface area (Å²) in [5, 5.41) is 3.34. The molecule has 1 aliphatic rings. The Morgan fingerprint density at radius 2 is 2.36 bits per heavy atom. The number of rotatable bonds is 2. The summed E-state index contributed by atoms with van der Waals surface area (Å²) in [5.74, 6) is 0.787. The van der Waals surface area contributed by atoms with E-state index in [0.717, 1.165) is 19.4 Å². The van der Waals surface area contributed by atoms with Gasteiger partial charge in [0.15, 0.2) is 0 Å². The first-order valence-corrected chi connectivity index (χ1v) is 4.50. The van der Waals surface area contributed by atoms with Crippen LogP contribution in [0.1, 0.15) is 33.1 Å². The number of carbonyl (C=O) groups excluding carboxylic acids is 1. The molecule has 1 aliphatic heterocycles. The van der Waals surface area contributed by atoms with Crippen LogP contribution in [0, 0.1) is 5.92 Å². The number of nitrogens with one attached hydrogen (secondary N) is 1. The molecule has 0 aromatic heterocycles. The summed E-state index contributed by atoms with van der Waals surface area (Å²) in [6.45, 7) is 5.11. The Balaban J connectivity index is 2.39. The molecule has 0 bridgehead atoms. The average Bonchev–Trinajstić information content (AvgIpc) is 2.03. The van der Waals surface area contributed by atoms with Gasteiger partial charge in [-0.25, -0.2) is 0 Å². The molecule has 1 fully saturated rings. The highest BCUT2D eigenvalue weighted by Gasteiger charge is 2.22. The number of Topliss-reactive ketones (excluding diaryl/α,β-unsaturated/α-hetero) is 1. The molecule has 1 heterocycles. The lowest BCUT2D eigenvalue weighted by Gasteiger charge is -2.26. The lowest BCUT2D eigenvalue weighted by atomic mass is 9.89. The second-order valence-electron chi connectivity index (χ2n) is 3.40. The van der Waals surface area contributed by atoms with Crippen LogP contribution in [0.15, 0.2) is 0 Å². The Hall–Kier alpha value is -0.370. The van der Waals surface area contributed by atoms with Gasteiger partial charge >= 0.3 is 0 Å². The van der Waals surface area contributed by atoms with Crippen LogP contribution in [0.4, 0.5) is 0 Å². The van der Waals surface area contributed by atoms with Gasteiger partial charge in [-0.2, -0.15) is 0 Å². The predicted molar refractivity (Wildman–Crippen MR) is 45.5 cm³/mol. The van der Waals surface area contributed by atoms with Gasteiger partial charge in [-0.1, -0.05) is 6.92 Å². The van der Waals surface area contributed by atoms with Gasteiger partial charge < -0.3 is 5.32 Å². The molecule has 2 unspecified atom stereocenters. The van der Waals surface area contributed by atoms with E-state index in [-0.39, 0.29) is 0 Å². The monoisotopic (exact) mass is 155 g/mol. The van der Waals surface area contributed by atoms with Crippen LogP contribution in [0.2, 0.25) is 0 Å². The van der Waals surface area contributed by atoms with Crippen molar-refractivity contribution in [3.05, 3.63) is 0 Å². The smallest absolute Gasteiger partial charge is 0.135 e. The van der Waals surface area contributed by atoms with Crippen LogP contribution < -0.4 is 5.32 Å². The van der Waals surface area contributed by atoms with Gasteiger partial charge in [0.05, 0.1) is 0 Å². The van der Waals surface area contributed by atoms with Gasteiger partial charge in [0, 0.05) is 18.4 Å². The van der Waals surface area contributed by atoms with Crippen LogP contribution in [-0.2, 0) is 4.79 Å². The van der Waals surface area contributed by atoms with Crippen molar-refractivity contribution in [2.45, 2.75) is 39.2 Å². The van der Waals surface area contributed by atoms with E-state index in [2.05, 4.69) is 12.2 Å². The summed E-state index contributed by atoms with van der Waals surface area (Å²) >= 11 is 0. The lowest BCUT2D eigenvalue weighted by molar-refractivity contribution is -0.123. The summed E-state index contributed by atoms with van der Waals surface area (Å²) in [4.78, 5) is 11.3. The van der Waals surface area contributed by atoms with E-state index >= 15 is 0 Å². The highest BCUT2D eigenvalue weighted by molar-refractivity contribution is 5.80. The summed E-state index contributed by atoms with van der Waals surface area (Å²) in [6, 6.07) is 0.532. The maximum absolute atomic E-state index is 11.3. The number of hydrogen-bond acceptors (Lipinski definition) is 2. The fourth-order valence-corrected chi connectivity index (χ4v) is 1.71. The Morgan fingerprint density at radius 1 is 1.64 bits per heavy atom. The maximum atomic E-state index is 11.3. The van der Waals surface area contributed by atoms with E-state index < -0.39 is 0 Å². The van der Waals surface area contributed by atoms with E-state index in [9.17, 15) is 4.79 Å². The highest BCUT2D eigenvalue weighted by atomic mass is 16.1. The quantitative estimate of drug-likeness (QED) is 0.652. The molecule has 0 radical (unpaired) electrons. The first kappa shape index (κ1) is 8.72. The molecule has 0 aromatic carbocycles. The maximum Gasteiger partial charge on any atom is 0.135 e. The summed E-state index contributed by atoms with van der Waals surface area (Å²) in [7, 11) is 0. The van der Waals surface area contributed by atoms with E-state index in [1.54, 1.807) is 0 Å². The van der Waals surface area contributed by atoms with E-state index in [4.69, 9.17) is 0 Å². The highest BCUT2D eigenvalue weighted by Crippen LogP contribution is 2.17. The van der Waals surface area contributed by atoms with Gasteiger partial charge in [-0.05, 0) is 26.3 Å². The van der Waals surface area contributed by atoms with Gasteiger partial charge in [-0.15, -0.1) is 0 Å². The van der Waals surface area contributed by atoms with Crippen LogP contribution in [-0.4, -0.2) is 18.4 Å². The molecule has 0 amide bonds. The van der Waals surface area contributed by atoms with Crippen molar-refractivity contribution in [2.75, 3.05) is 6.54 Å². The number of ketones is 1. The minimum absolute atomic E-state index is 0.344. The summed E-state index contributed by atoms with van der Waals surface area (Å²) in [6.07, 6.45) is 2.78. The molecule has 0 aliphatic carbocycles. The average molecular weight is 155 g/mol. The van der Waals surface area contributed by atoms with Crippen LogP contribution in [0.3, 0.4) is 0 Å². The van der Waals surface area contributed by atoms with Gasteiger partial charge in [-0.3, -0.25) is 4.79 Å². The molecule has 64 valence electrons. The fraction of sp³-hybridized carbons (Fsp3) is 0.889. The van der Waals surface area contributed by atoms with Gasteiger partial charge in [0.2, 0.25) is 0 Å². The normalized spacial score (nSPS) is 31.8. The third kappa shape index (κ3) is 2.29. The Kier molecular flexibility index (Phi) is 3.06. The first-order chi connectivity index (χ1) is 5.24. The number of hydrogen-bond donors (Lipinski definition) is 1. The predicted octanol–water partition coefficient (Wildman–Crippen LogP) is 1.35. The Labute approximate surface area is 68.4 Å². The van der Waals surface area contributed by atoms with Crippen molar-refractivity contribution in [2.24, 2.45) is 5.92 Å². The third-order valence-corrected chi connectivity index (χ3v) is 2.43. The number of carbonyl (C=O) groups is 1. The molecule has 0 aromatic rings.